The molecule has 5 heteroatoms. The zero-order chi connectivity index (χ0) is 11.7. The van der Waals surface area contributed by atoms with Gasteiger partial charge in [-0.25, -0.2) is 0 Å². The SMILES string of the molecule is [CH2-]CCN1CC[C@H](O)c2c(ccn2C)C1=O.[Y]. The van der Waals surface area contributed by atoms with E-state index in [1.807, 2.05) is 17.8 Å². The molecule has 1 N–H and O–H groups in total. The molecule has 1 amide bonds. The van der Waals surface area contributed by atoms with E-state index in [2.05, 4.69) is 6.92 Å². The van der Waals surface area contributed by atoms with Gasteiger partial charge in [-0.3, -0.25) is 4.79 Å². The average Bonchev–Trinajstić information content (AvgIpc) is 2.59. The van der Waals surface area contributed by atoms with Crippen molar-refractivity contribution in [1.82, 2.24) is 9.47 Å². The van der Waals surface area contributed by atoms with Crippen LogP contribution in [0.2, 0.25) is 0 Å². The zero-order valence-corrected chi connectivity index (χ0v) is 12.9. The minimum Gasteiger partial charge on any atom is -0.387 e. The van der Waals surface area contributed by atoms with Gasteiger partial charge in [-0.1, -0.05) is 0 Å². The summed E-state index contributed by atoms with van der Waals surface area (Å²) >= 11 is 0. The van der Waals surface area contributed by atoms with Crippen LogP contribution in [0.4, 0.5) is 0 Å². The second-order valence-electron chi connectivity index (χ2n) is 4.18. The summed E-state index contributed by atoms with van der Waals surface area (Å²) in [5.41, 5.74) is 1.36. The molecular formula is C12H17N2O2Y-. The third kappa shape index (κ3) is 2.80. The van der Waals surface area contributed by atoms with E-state index in [4.69, 9.17) is 0 Å². The van der Waals surface area contributed by atoms with Gasteiger partial charge in [0.05, 0.1) is 17.4 Å². The van der Waals surface area contributed by atoms with Crippen molar-refractivity contribution in [1.29, 1.82) is 0 Å². The number of amides is 1. The Balaban J connectivity index is 0.00000144. The van der Waals surface area contributed by atoms with Crippen LogP contribution in [-0.2, 0) is 39.8 Å². The molecule has 0 bridgehead atoms. The fourth-order valence-electron chi connectivity index (χ4n) is 2.23. The zero-order valence-electron chi connectivity index (χ0n) is 10.1. The number of rotatable bonds is 2. The number of aryl methyl sites for hydroxylation is 1. The topological polar surface area (TPSA) is 45.5 Å². The number of aliphatic hydroxyl groups is 1. The van der Waals surface area contributed by atoms with Gasteiger partial charge in [0, 0.05) is 52.5 Å². The first-order valence-corrected chi connectivity index (χ1v) is 5.57. The number of hydrogen-bond acceptors (Lipinski definition) is 2. The van der Waals surface area contributed by atoms with Gasteiger partial charge in [-0.05, 0) is 19.0 Å². The molecule has 1 aliphatic rings. The van der Waals surface area contributed by atoms with Crippen molar-refractivity contribution in [2.75, 3.05) is 13.1 Å². The van der Waals surface area contributed by atoms with E-state index in [9.17, 15) is 9.90 Å². The van der Waals surface area contributed by atoms with Crippen molar-refractivity contribution in [3.63, 3.8) is 0 Å². The van der Waals surface area contributed by atoms with E-state index in [1.165, 1.54) is 0 Å². The van der Waals surface area contributed by atoms with E-state index in [1.54, 1.807) is 11.0 Å². The smallest absolute Gasteiger partial charge is 0.255 e. The average molecular weight is 310 g/mol. The summed E-state index contributed by atoms with van der Waals surface area (Å²) in [6, 6.07) is 1.78. The Bertz CT molecular complexity index is 403. The molecule has 2 rings (SSSR count). The van der Waals surface area contributed by atoms with Gasteiger partial charge in [0.1, 0.15) is 0 Å². The van der Waals surface area contributed by atoms with Crippen LogP contribution in [0.1, 0.15) is 35.0 Å². The monoisotopic (exact) mass is 310 g/mol. The molecule has 4 nitrogen and oxygen atoms in total. The second-order valence-corrected chi connectivity index (χ2v) is 4.18. The third-order valence-electron chi connectivity index (χ3n) is 3.05. The minimum atomic E-state index is -0.547. The van der Waals surface area contributed by atoms with Crippen molar-refractivity contribution in [2.45, 2.75) is 18.9 Å². The molecule has 91 valence electrons. The van der Waals surface area contributed by atoms with Gasteiger partial charge < -0.3 is 21.5 Å². The number of fused-ring (bicyclic) bond motifs is 1. The van der Waals surface area contributed by atoms with E-state index in [0.717, 1.165) is 5.69 Å². The molecule has 0 fully saturated rings. The fraction of sp³-hybridized carbons (Fsp3) is 0.500. The first-order valence-electron chi connectivity index (χ1n) is 5.57. The summed E-state index contributed by atoms with van der Waals surface area (Å²) < 4.78 is 1.82. The molecule has 1 radical (unpaired) electrons. The summed E-state index contributed by atoms with van der Waals surface area (Å²) in [7, 11) is 1.85. The van der Waals surface area contributed by atoms with E-state index >= 15 is 0 Å². The number of nitrogens with zero attached hydrogens (tertiary/aromatic N) is 2. The Morgan fingerprint density at radius 3 is 2.94 bits per heavy atom. The molecule has 0 spiro atoms. The van der Waals surface area contributed by atoms with E-state index in [0.29, 0.717) is 31.5 Å². The van der Waals surface area contributed by atoms with Crippen LogP contribution in [0.3, 0.4) is 0 Å². The number of carbonyl (C=O) groups is 1. The van der Waals surface area contributed by atoms with E-state index in [-0.39, 0.29) is 38.6 Å². The predicted octanol–water partition coefficient (Wildman–Crippen LogP) is 1.13. The largest absolute Gasteiger partial charge is 0.387 e. The molecule has 1 aromatic rings. The Labute approximate surface area is 127 Å². The number of aliphatic hydroxyl groups excluding tert-OH is 1. The molecule has 0 saturated carbocycles. The molecule has 0 aliphatic carbocycles. The molecule has 1 atom stereocenters. The van der Waals surface area contributed by atoms with Crippen LogP contribution in [-0.4, -0.2) is 33.6 Å². The van der Waals surface area contributed by atoms with Crippen LogP contribution in [0.15, 0.2) is 12.3 Å². The number of aromatic nitrogens is 1. The van der Waals surface area contributed by atoms with Crippen LogP contribution < -0.4 is 0 Å². The molecule has 0 saturated heterocycles. The molecule has 1 aliphatic heterocycles. The van der Waals surface area contributed by atoms with Crippen molar-refractivity contribution in [3.8, 4) is 0 Å². The molecule has 0 aromatic carbocycles. The Hall–Kier alpha value is -0.186. The maximum Gasteiger partial charge on any atom is 0.255 e. The maximum atomic E-state index is 12.2. The normalized spacial score (nSPS) is 19.6. The first kappa shape index (κ1) is 14.9. The molecule has 2 heterocycles. The summed E-state index contributed by atoms with van der Waals surface area (Å²) in [6.45, 7) is 5.02. The van der Waals surface area contributed by atoms with Crippen molar-refractivity contribution in [2.24, 2.45) is 7.05 Å². The summed E-state index contributed by atoms with van der Waals surface area (Å²) in [4.78, 5) is 13.9. The van der Waals surface area contributed by atoms with Gasteiger partial charge in [0.15, 0.2) is 0 Å². The van der Waals surface area contributed by atoms with Crippen molar-refractivity contribution in [3.05, 3.63) is 30.4 Å². The maximum absolute atomic E-state index is 12.2. The predicted molar refractivity (Wildman–Crippen MR) is 60.9 cm³/mol. The van der Waals surface area contributed by atoms with Gasteiger partial charge in [-0.2, -0.15) is 6.42 Å². The van der Waals surface area contributed by atoms with E-state index < -0.39 is 6.10 Å². The van der Waals surface area contributed by atoms with Crippen molar-refractivity contribution < 1.29 is 42.6 Å². The third-order valence-corrected chi connectivity index (χ3v) is 3.05. The summed E-state index contributed by atoms with van der Waals surface area (Å²) in [6.07, 6.45) is 2.56. The molecule has 0 unspecified atom stereocenters. The van der Waals surface area contributed by atoms with Crippen LogP contribution in [0.25, 0.3) is 0 Å². The van der Waals surface area contributed by atoms with Crippen molar-refractivity contribution >= 4 is 5.91 Å². The van der Waals surface area contributed by atoms with Gasteiger partial charge in [0.2, 0.25) is 0 Å². The Morgan fingerprint density at radius 1 is 1.59 bits per heavy atom. The second kappa shape index (κ2) is 6.12. The summed E-state index contributed by atoms with van der Waals surface area (Å²) in [5.74, 6) is 0.0100. The summed E-state index contributed by atoms with van der Waals surface area (Å²) in [5, 5.41) is 10.00. The van der Waals surface area contributed by atoms with Gasteiger partial charge in [0.25, 0.3) is 5.91 Å². The number of carbonyl (C=O) groups excluding carboxylic acids is 1. The number of hydrogen-bond donors (Lipinski definition) is 1. The Kier molecular flexibility index (Phi) is 5.35. The quantitative estimate of drug-likeness (QED) is 0.832. The Morgan fingerprint density at radius 2 is 2.29 bits per heavy atom. The van der Waals surface area contributed by atoms with Crippen LogP contribution in [0, 0.1) is 6.92 Å². The van der Waals surface area contributed by atoms with Gasteiger partial charge >= 0.3 is 0 Å². The first-order chi connectivity index (χ1) is 7.65. The molecular weight excluding hydrogens is 293 g/mol. The fourth-order valence-corrected chi connectivity index (χ4v) is 2.23. The molecule has 17 heavy (non-hydrogen) atoms. The van der Waals surface area contributed by atoms with Crippen LogP contribution >= 0.6 is 0 Å². The minimum absolute atomic E-state index is 0. The standard InChI is InChI=1S/C12H17N2O2.Y/c1-3-6-14-8-5-10(15)11-9(12(14)16)4-7-13(11)2;/h4,7,10,15H,1,3,5-6,8H2,2H3;/q-1;/t10-;/m0./s1. The van der Waals surface area contributed by atoms with Gasteiger partial charge in [-0.15, -0.1) is 0 Å². The molecule has 1 aromatic heterocycles. The van der Waals surface area contributed by atoms with Crippen LogP contribution in [0.5, 0.6) is 0 Å².